The number of rotatable bonds is 10. The molecule has 0 amide bonds. The highest BCUT2D eigenvalue weighted by Crippen LogP contribution is 2.15. The van der Waals surface area contributed by atoms with Gasteiger partial charge in [-0.1, -0.05) is 30.3 Å². The molecule has 0 saturated heterocycles. The van der Waals surface area contributed by atoms with Crippen molar-refractivity contribution in [2.75, 3.05) is 20.2 Å². The van der Waals surface area contributed by atoms with Crippen molar-refractivity contribution in [1.82, 2.24) is 14.5 Å². The van der Waals surface area contributed by atoms with E-state index in [9.17, 15) is 5.11 Å². The van der Waals surface area contributed by atoms with Gasteiger partial charge in [0.15, 0.2) is 0 Å². The third kappa shape index (κ3) is 6.11. The van der Waals surface area contributed by atoms with Crippen LogP contribution in [0.3, 0.4) is 0 Å². The van der Waals surface area contributed by atoms with E-state index in [1.54, 1.807) is 6.20 Å². The quantitative estimate of drug-likeness (QED) is 0.585. The first-order valence-corrected chi connectivity index (χ1v) is 9.32. The summed E-state index contributed by atoms with van der Waals surface area (Å²) in [6.07, 6.45) is 3.11. The Bertz CT molecular complexity index is 834. The van der Waals surface area contributed by atoms with Crippen molar-refractivity contribution in [2.24, 2.45) is 7.05 Å². The van der Waals surface area contributed by atoms with Gasteiger partial charge in [0.1, 0.15) is 36.6 Å². The second kappa shape index (κ2) is 9.92. The maximum atomic E-state index is 10.2. The molecular weight excluding hydrogens is 354 g/mol. The fraction of sp³-hybridized carbons (Fsp3) is 0.318. The summed E-state index contributed by atoms with van der Waals surface area (Å²) >= 11 is 0. The lowest BCUT2D eigenvalue weighted by atomic mass is 10.2. The predicted molar refractivity (Wildman–Crippen MR) is 108 cm³/mol. The number of nitrogens with zero attached hydrogens (tertiary/aromatic N) is 3. The molecular formula is C22H27N3O3. The van der Waals surface area contributed by atoms with Crippen LogP contribution in [0.1, 0.15) is 11.4 Å². The van der Waals surface area contributed by atoms with Crippen molar-refractivity contribution in [3.8, 4) is 11.5 Å². The lowest BCUT2D eigenvalue weighted by molar-refractivity contribution is 0.0744. The minimum atomic E-state index is -0.550. The van der Waals surface area contributed by atoms with Crippen LogP contribution in [0.15, 0.2) is 67.0 Å². The van der Waals surface area contributed by atoms with Gasteiger partial charge in [-0.15, -0.1) is 0 Å². The van der Waals surface area contributed by atoms with Gasteiger partial charge in [0.05, 0.1) is 0 Å². The topological polar surface area (TPSA) is 59.8 Å². The number of likely N-dealkylation sites (N-methyl/N-ethyl adjacent to an activating group) is 1. The van der Waals surface area contributed by atoms with Gasteiger partial charge in [-0.3, -0.25) is 4.90 Å². The summed E-state index contributed by atoms with van der Waals surface area (Å²) < 4.78 is 13.3. The van der Waals surface area contributed by atoms with Crippen LogP contribution >= 0.6 is 0 Å². The standard InChI is InChI=1S/C22H27N3O3/c1-24(15-19(26)16-27-20-6-4-3-5-7-20)14-18-8-10-21(11-9-18)28-17-22-23-12-13-25(22)2/h3-13,19,26H,14-17H2,1-2H3/t19-/m0/s1. The Morgan fingerprint density at radius 3 is 2.43 bits per heavy atom. The molecule has 0 bridgehead atoms. The highest BCUT2D eigenvalue weighted by Gasteiger charge is 2.10. The molecule has 0 fully saturated rings. The monoisotopic (exact) mass is 381 g/mol. The van der Waals surface area contributed by atoms with Crippen LogP contribution in [0.4, 0.5) is 0 Å². The Kier molecular flexibility index (Phi) is 7.06. The average Bonchev–Trinajstić information content (AvgIpc) is 3.11. The lowest BCUT2D eigenvalue weighted by Crippen LogP contribution is -2.32. The molecule has 0 spiro atoms. The van der Waals surface area contributed by atoms with Crippen LogP contribution in [-0.2, 0) is 20.2 Å². The third-order valence-corrected chi connectivity index (χ3v) is 4.37. The smallest absolute Gasteiger partial charge is 0.146 e. The summed E-state index contributed by atoms with van der Waals surface area (Å²) in [7, 11) is 3.93. The minimum absolute atomic E-state index is 0.272. The number of aromatic nitrogens is 2. The van der Waals surface area contributed by atoms with Gasteiger partial charge in [-0.2, -0.15) is 0 Å². The molecule has 0 saturated carbocycles. The normalized spacial score (nSPS) is 12.1. The molecule has 1 N–H and O–H groups in total. The largest absolute Gasteiger partial charge is 0.491 e. The van der Waals surface area contributed by atoms with E-state index >= 15 is 0 Å². The first-order valence-electron chi connectivity index (χ1n) is 9.32. The Labute approximate surface area is 166 Å². The van der Waals surface area contributed by atoms with E-state index in [4.69, 9.17) is 9.47 Å². The summed E-state index contributed by atoms with van der Waals surface area (Å²) in [5.74, 6) is 2.46. The van der Waals surface area contributed by atoms with Crippen LogP contribution in [0.25, 0.3) is 0 Å². The first kappa shape index (κ1) is 19.9. The SMILES string of the molecule is CN(Cc1ccc(OCc2nccn2C)cc1)C[C@H](O)COc1ccccc1. The predicted octanol–water partition coefficient (Wildman–Crippen LogP) is 2.87. The van der Waals surface area contributed by atoms with Crippen LogP contribution in [0.2, 0.25) is 0 Å². The fourth-order valence-corrected chi connectivity index (χ4v) is 2.87. The highest BCUT2D eigenvalue weighted by atomic mass is 16.5. The first-order chi connectivity index (χ1) is 13.6. The van der Waals surface area contributed by atoms with Crippen LogP contribution in [-0.4, -0.2) is 45.9 Å². The molecule has 0 unspecified atom stereocenters. The Balaban J connectivity index is 1.41. The van der Waals surface area contributed by atoms with E-state index in [-0.39, 0.29) is 6.61 Å². The summed E-state index contributed by atoms with van der Waals surface area (Å²) in [6.45, 7) is 1.98. The van der Waals surface area contributed by atoms with Gasteiger partial charge in [0, 0.05) is 32.5 Å². The van der Waals surface area contributed by atoms with E-state index in [0.29, 0.717) is 13.2 Å². The number of aliphatic hydroxyl groups is 1. The zero-order valence-corrected chi connectivity index (χ0v) is 16.4. The molecule has 2 aromatic carbocycles. The average molecular weight is 381 g/mol. The number of aryl methyl sites for hydroxylation is 1. The summed E-state index contributed by atoms with van der Waals surface area (Å²) in [6, 6.07) is 17.5. The number of ether oxygens (including phenoxy) is 2. The molecule has 148 valence electrons. The second-order valence-electron chi connectivity index (χ2n) is 6.86. The van der Waals surface area contributed by atoms with E-state index in [1.807, 2.05) is 79.5 Å². The zero-order chi connectivity index (χ0) is 19.8. The van der Waals surface area contributed by atoms with Crippen molar-refractivity contribution in [3.63, 3.8) is 0 Å². The minimum Gasteiger partial charge on any atom is -0.491 e. The molecule has 28 heavy (non-hydrogen) atoms. The maximum absolute atomic E-state index is 10.2. The number of para-hydroxylation sites is 1. The summed E-state index contributed by atoms with van der Waals surface area (Å²) in [4.78, 5) is 6.32. The molecule has 0 aliphatic rings. The van der Waals surface area contributed by atoms with Gasteiger partial charge in [0.25, 0.3) is 0 Å². The Morgan fingerprint density at radius 2 is 1.75 bits per heavy atom. The molecule has 1 heterocycles. The van der Waals surface area contributed by atoms with Gasteiger partial charge < -0.3 is 19.1 Å². The molecule has 1 aromatic heterocycles. The molecule has 6 heteroatoms. The van der Waals surface area contributed by atoms with Crippen LogP contribution in [0, 0.1) is 0 Å². The number of benzene rings is 2. The second-order valence-corrected chi connectivity index (χ2v) is 6.86. The van der Waals surface area contributed by atoms with Gasteiger partial charge in [-0.25, -0.2) is 4.98 Å². The maximum Gasteiger partial charge on any atom is 0.146 e. The summed E-state index contributed by atoms with van der Waals surface area (Å²) in [5.41, 5.74) is 1.16. The summed E-state index contributed by atoms with van der Waals surface area (Å²) in [5, 5.41) is 10.2. The van der Waals surface area contributed by atoms with Gasteiger partial charge in [0.2, 0.25) is 0 Å². The van der Waals surface area contributed by atoms with Crippen molar-refractivity contribution < 1.29 is 14.6 Å². The Hall–Kier alpha value is -2.83. The van der Waals surface area contributed by atoms with Crippen molar-refractivity contribution in [3.05, 3.63) is 78.4 Å². The van der Waals surface area contributed by atoms with E-state index in [0.717, 1.165) is 29.4 Å². The van der Waals surface area contributed by atoms with Crippen molar-refractivity contribution in [1.29, 1.82) is 0 Å². The molecule has 1 atom stereocenters. The number of aliphatic hydroxyl groups excluding tert-OH is 1. The molecule has 0 radical (unpaired) electrons. The molecule has 0 aliphatic heterocycles. The number of imidazole rings is 1. The van der Waals surface area contributed by atoms with Crippen molar-refractivity contribution in [2.45, 2.75) is 19.3 Å². The van der Waals surface area contributed by atoms with Gasteiger partial charge >= 0.3 is 0 Å². The zero-order valence-electron chi connectivity index (χ0n) is 16.4. The lowest BCUT2D eigenvalue weighted by Gasteiger charge is -2.21. The molecule has 0 aliphatic carbocycles. The van der Waals surface area contributed by atoms with E-state index < -0.39 is 6.10 Å². The van der Waals surface area contributed by atoms with E-state index in [2.05, 4.69) is 9.88 Å². The highest BCUT2D eigenvalue weighted by molar-refractivity contribution is 5.27. The number of hydrogen-bond acceptors (Lipinski definition) is 5. The fourth-order valence-electron chi connectivity index (χ4n) is 2.87. The van der Waals surface area contributed by atoms with Crippen molar-refractivity contribution >= 4 is 0 Å². The number of hydrogen-bond donors (Lipinski definition) is 1. The Morgan fingerprint density at radius 1 is 1.04 bits per heavy atom. The van der Waals surface area contributed by atoms with E-state index in [1.165, 1.54) is 0 Å². The van der Waals surface area contributed by atoms with Crippen LogP contribution in [0.5, 0.6) is 11.5 Å². The van der Waals surface area contributed by atoms with Crippen LogP contribution < -0.4 is 9.47 Å². The third-order valence-electron chi connectivity index (χ3n) is 4.37. The molecule has 6 nitrogen and oxygen atoms in total. The van der Waals surface area contributed by atoms with Gasteiger partial charge in [-0.05, 0) is 36.9 Å². The molecule has 3 rings (SSSR count). The molecule has 3 aromatic rings.